The van der Waals surface area contributed by atoms with Crippen molar-refractivity contribution in [2.24, 2.45) is 0 Å². The topological polar surface area (TPSA) is 27.7 Å². The lowest BCUT2D eigenvalue weighted by molar-refractivity contribution is 0.493. The fourth-order valence-electron chi connectivity index (χ4n) is 13.4. The summed E-state index contributed by atoms with van der Waals surface area (Å²) in [5.41, 5.74) is 0. The second-order valence-electron chi connectivity index (χ2n) is 23.6. The lowest BCUT2D eigenvalue weighted by Crippen LogP contribution is -2.58. The van der Waals surface area contributed by atoms with Crippen molar-refractivity contribution in [1.82, 2.24) is 0 Å². The standard InChI is InChI=1S/C77H64O3P4Si3/c1-85-66-48-24-42-60(81(54-30-12-6-13-31-54)55-32-14-7-15-33-55)72(66)78-73-61(43-25-49-67(73)85)84(64-46-28-52-70-76(64)79-74-62(44-26-50-68(74)86(70,2)3)82(56-34-16-8-17-35-56)57-36-18-9-19-37-57)65-47-29-53-71-77(65)80-75-63(45-27-51-69(75)87(71,4)5)83(58-38-20-10-21-39-58)59-40-22-11-23-41-59/h6-53,85H,1-5H3. The van der Waals surface area contributed by atoms with Crippen LogP contribution in [-0.4, -0.2) is 24.9 Å². The predicted octanol–water partition coefficient (Wildman–Crippen LogP) is 10.7. The molecule has 0 aromatic heterocycles. The Kier molecular flexibility index (Phi) is 14.9. The highest BCUT2D eigenvalue weighted by atomic mass is 31.1. The summed E-state index contributed by atoms with van der Waals surface area (Å²) in [5.74, 6) is 6.00. The van der Waals surface area contributed by atoms with Crippen LogP contribution in [0.25, 0.3) is 0 Å². The van der Waals surface area contributed by atoms with Crippen LogP contribution in [0.2, 0.25) is 32.7 Å². The van der Waals surface area contributed by atoms with Crippen LogP contribution < -0.4 is 109 Å². The SMILES string of the molecule is C[SiH]1c2cccc(P(c3ccccc3)c3ccccc3)c2Oc2c1cccc2P(c1cccc2c1Oc1c(P(c3ccccc3)c3ccccc3)cccc1[Si]2(C)C)c1cccc2c1Oc1c(P(c3ccccc3)c3ccccc3)cccc1[Si]2(C)C. The van der Waals surface area contributed by atoms with Gasteiger partial charge in [-0.2, -0.15) is 0 Å². The summed E-state index contributed by atoms with van der Waals surface area (Å²) in [6.45, 7) is 12.6. The van der Waals surface area contributed by atoms with Gasteiger partial charge in [-0.05, 0) is 94.6 Å². The Morgan fingerprint density at radius 1 is 0.230 bits per heavy atom. The summed E-state index contributed by atoms with van der Waals surface area (Å²) in [6, 6.07) is 109. The summed E-state index contributed by atoms with van der Waals surface area (Å²) in [5, 5.41) is 23.0. The van der Waals surface area contributed by atoms with Crippen LogP contribution in [0.5, 0.6) is 34.5 Å². The van der Waals surface area contributed by atoms with E-state index < -0.39 is 56.6 Å². The molecule has 12 aromatic rings. The molecule has 0 amide bonds. The molecule has 10 heteroatoms. The molecule has 1 atom stereocenters. The first-order valence-corrected chi connectivity index (χ1v) is 43.7. The van der Waals surface area contributed by atoms with Crippen LogP contribution >= 0.6 is 31.7 Å². The first-order valence-electron chi connectivity index (χ1n) is 30.0. The Morgan fingerprint density at radius 2 is 0.437 bits per heavy atom. The zero-order valence-electron chi connectivity index (χ0n) is 49.3. The van der Waals surface area contributed by atoms with Crippen molar-refractivity contribution in [3.05, 3.63) is 291 Å². The average molecular weight is 1250 g/mol. The van der Waals surface area contributed by atoms with Gasteiger partial charge in [0.15, 0.2) is 0 Å². The molecule has 0 saturated carbocycles. The van der Waals surface area contributed by atoms with E-state index in [0.29, 0.717) is 0 Å². The van der Waals surface area contributed by atoms with E-state index in [1.54, 1.807) is 0 Å². The minimum Gasteiger partial charge on any atom is -0.456 e. The molecule has 0 fully saturated rings. The largest absolute Gasteiger partial charge is 0.456 e. The van der Waals surface area contributed by atoms with Crippen LogP contribution in [0.3, 0.4) is 0 Å². The second-order valence-corrected chi connectivity index (χ2v) is 43.7. The molecule has 0 spiro atoms. The third-order valence-electron chi connectivity index (χ3n) is 17.8. The molecule has 422 valence electrons. The molecular weight excluding hydrogens is 1180 g/mol. The summed E-state index contributed by atoms with van der Waals surface area (Å²) in [7, 11) is -11.3. The van der Waals surface area contributed by atoms with E-state index in [0.717, 1.165) is 34.5 Å². The van der Waals surface area contributed by atoms with Gasteiger partial charge in [0.05, 0.1) is 0 Å². The zero-order chi connectivity index (χ0) is 58.8. The van der Waals surface area contributed by atoms with Gasteiger partial charge in [0.2, 0.25) is 0 Å². The van der Waals surface area contributed by atoms with E-state index in [4.69, 9.17) is 14.2 Å². The summed E-state index contributed by atoms with van der Waals surface area (Å²) in [4.78, 5) is 0. The average Bonchev–Trinajstić information content (AvgIpc) is 0.832. The van der Waals surface area contributed by atoms with Crippen molar-refractivity contribution in [2.45, 2.75) is 32.7 Å². The molecule has 0 radical (unpaired) electrons. The van der Waals surface area contributed by atoms with Crippen molar-refractivity contribution >= 4 is 151 Å². The van der Waals surface area contributed by atoms with Gasteiger partial charge in [-0.3, -0.25) is 0 Å². The number of benzene rings is 12. The van der Waals surface area contributed by atoms with Crippen molar-refractivity contribution in [1.29, 1.82) is 0 Å². The molecule has 3 aliphatic heterocycles. The molecule has 0 bridgehead atoms. The van der Waals surface area contributed by atoms with E-state index >= 15 is 0 Å². The van der Waals surface area contributed by atoms with Crippen LogP contribution in [-0.2, 0) is 0 Å². The van der Waals surface area contributed by atoms with Gasteiger partial charge < -0.3 is 14.2 Å². The normalized spacial score (nSPS) is 14.8. The van der Waals surface area contributed by atoms with Crippen LogP contribution in [0.1, 0.15) is 0 Å². The molecule has 3 aliphatic rings. The molecule has 15 rings (SSSR count). The van der Waals surface area contributed by atoms with E-state index in [-0.39, 0.29) is 0 Å². The Bertz CT molecular complexity index is 4220. The monoisotopic (exact) mass is 1240 g/mol. The van der Waals surface area contributed by atoms with Gasteiger partial charge in [-0.15, -0.1) is 0 Å². The van der Waals surface area contributed by atoms with E-state index in [9.17, 15) is 0 Å². The quantitative estimate of drug-likeness (QED) is 0.0901. The molecule has 87 heavy (non-hydrogen) atoms. The lowest BCUT2D eigenvalue weighted by Gasteiger charge is -2.39. The van der Waals surface area contributed by atoms with Crippen LogP contribution in [0.15, 0.2) is 291 Å². The summed E-state index contributed by atoms with van der Waals surface area (Å²) >= 11 is 0. The van der Waals surface area contributed by atoms with Crippen LogP contribution in [0, 0.1) is 0 Å². The number of hydrogen-bond donors (Lipinski definition) is 0. The van der Waals surface area contributed by atoms with Gasteiger partial charge >= 0.3 is 0 Å². The summed E-state index contributed by atoms with van der Waals surface area (Å²) < 4.78 is 23.9. The zero-order valence-corrected chi connectivity index (χ0v) is 56.0. The van der Waals surface area contributed by atoms with Crippen molar-refractivity contribution < 1.29 is 14.2 Å². The van der Waals surface area contributed by atoms with Crippen LogP contribution in [0.4, 0.5) is 0 Å². The molecule has 0 N–H and O–H groups in total. The van der Waals surface area contributed by atoms with Crippen molar-refractivity contribution in [2.75, 3.05) is 0 Å². The maximum atomic E-state index is 7.99. The number of rotatable bonds is 12. The Morgan fingerprint density at radius 3 is 0.701 bits per heavy atom. The summed E-state index contributed by atoms with van der Waals surface area (Å²) in [6.07, 6.45) is 0. The maximum absolute atomic E-state index is 7.99. The minimum atomic E-state index is -2.49. The number of para-hydroxylation sites is 6. The molecule has 0 saturated heterocycles. The highest BCUT2D eigenvalue weighted by molar-refractivity contribution is 7.81. The molecule has 1 unspecified atom stereocenters. The van der Waals surface area contributed by atoms with Crippen molar-refractivity contribution in [3.63, 3.8) is 0 Å². The Hall–Kier alpha value is -7.59. The van der Waals surface area contributed by atoms with Gasteiger partial charge in [0.1, 0.15) is 59.4 Å². The molecule has 0 aliphatic carbocycles. The van der Waals surface area contributed by atoms with Gasteiger partial charge in [-0.1, -0.05) is 324 Å². The highest BCUT2D eigenvalue weighted by Crippen LogP contribution is 2.49. The van der Waals surface area contributed by atoms with Gasteiger partial charge in [0.25, 0.3) is 0 Å². The first-order chi connectivity index (χ1) is 42.6. The van der Waals surface area contributed by atoms with E-state index in [1.165, 1.54) is 94.8 Å². The van der Waals surface area contributed by atoms with Gasteiger partial charge in [-0.25, -0.2) is 0 Å². The lowest BCUT2D eigenvalue weighted by atomic mass is 10.3. The Labute approximate surface area is 520 Å². The third kappa shape index (κ3) is 9.78. The number of hydrogen-bond acceptors (Lipinski definition) is 3. The molecular formula is C77H64O3P4Si3. The fourth-order valence-corrected chi connectivity index (χ4v) is 31.9. The molecule has 3 heterocycles. The van der Waals surface area contributed by atoms with E-state index in [2.05, 4.69) is 324 Å². The third-order valence-corrected chi connectivity index (χ3v) is 37.4. The molecule has 3 nitrogen and oxygen atoms in total. The number of ether oxygens (including phenoxy) is 3. The minimum absolute atomic E-state index is 0.977. The smallest absolute Gasteiger partial charge is 0.135 e. The fraction of sp³-hybridized carbons (Fsp3) is 0.0649. The van der Waals surface area contributed by atoms with E-state index in [1.807, 2.05) is 0 Å². The maximum Gasteiger partial charge on any atom is 0.135 e. The highest BCUT2D eigenvalue weighted by Gasteiger charge is 2.45. The Balaban J connectivity index is 0.972. The molecule has 12 aromatic carbocycles. The first kappa shape index (κ1) is 56.0. The second kappa shape index (κ2) is 23.2. The predicted molar refractivity (Wildman–Crippen MR) is 387 cm³/mol. The number of fused-ring (bicyclic) bond motifs is 6. The van der Waals surface area contributed by atoms with Crippen molar-refractivity contribution in [3.8, 4) is 34.5 Å². The van der Waals surface area contributed by atoms with Gasteiger partial charge in [0, 0.05) is 31.8 Å².